The second-order valence-corrected chi connectivity index (χ2v) is 2.25. The fourth-order valence-corrected chi connectivity index (χ4v) is 1.06. The molecule has 1 aliphatic rings. The Labute approximate surface area is 126 Å². The number of rotatable bonds is 0. The normalized spacial score (nSPS) is 10.0. The molecule has 1 heterocycles. The van der Waals surface area contributed by atoms with Crippen molar-refractivity contribution in [3.63, 3.8) is 0 Å². The number of hydrogen-bond donors (Lipinski definition) is 0. The number of ether oxygens (including phenoxy) is 1. The molecule has 0 atom stereocenters. The predicted molar refractivity (Wildman–Crippen MR) is 46.7 cm³/mol. The Hall–Kier alpha value is 0.769. The van der Waals surface area contributed by atoms with Crippen molar-refractivity contribution in [3.05, 3.63) is 35.9 Å². The minimum absolute atomic E-state index is 0. The first-order chi connectivity index (χ1) is 4.97. The quantitative estimate of drug-likeness (QED) is 0.639. The molecule has 2 rings (SSSR count). The average Bonchev–Trinajstić information content (AvgIpc) is 2.05. The molecule has 5 heteroatoms. The number of hydrogen-bond acceptors (Lipinski definition) is 1. The van der Waals surface area contributed by atoms with Crippen molar-refractivity contribution in [3.8, 4) is 5.75 Å². The van der Waals surface area contributed by atoms with Crippen LogP contribution in [0.15, 0.2) is 30.3 Å². The molecule has 0 unspecified atom stereocenters. The average molecular weight is 362 g/mol. The third-order valence-corrected chi connectivity index (χ3v) is 1.55. The van der Waals surface area contributed by atoms with Crippen molar-refractivity contribution in [1.29, 1.82) is 0 Å². The van der Waals surface area contributed by atoms with E-state index in [1.165, 1.54) is 5.56 Å². The van der Waals surface area contributed by atoms with Gasteiger partial charge in [0.15, 0.2) is 0 Å². The van der Waals surface area contributed by atoms with Gasteiger partial charge in [-0.15, -0.1) is 0 Å². The first-order valence-electron chi connectivity index (χ1n) is 3.35. The molecule has 6 radical (unpaired) electrons. The van der Waals surface area contributed by atoms with Crippen LogP contribution < -0.4 is 4.74 Å². The van der Waals surface area contributed by atoms with Crippen LogP contribution in [0.1, 0.15) is 5.56 Å². The van der Waals surface area contributed by atoms with Gasteiger partial charge in [0.05, 0.1) is 0 Å². The molecule has 0 saturated heterocycles. The molecule has 1 aromatic rings. The predicted octanol–water partition coefficient (Wildman–Crippen LogP) is 1.70. The van der Waals surface area contributed by atoms with E-state index in [1.807, 2.05) is 30.3 Å². The van der Waals surface area contributed by atoms with Gasteiger partial charge in [0.1, 0.15) is 12.4 Å². The third kappa shape index (κ3) is 5.02. The molecule has 14 heavy (non-hydrogen) atoms. The molecule has 0 fully saturated rings. The van der Waals surface area contributed by atoms with Gasteiger partial charge in [-0.3, -0.25) is 0 Å². The van der Waals surface area contributed by atoms with Crippen molar-refractivity contribution >= 4 is 17.0 Å². The summed E-state index contributed by atoms with van der Waals surface area (Å²) in [6.45, 7) is 0.705. The number of fused-ring (bicyclic) bond motifs is 1. The van der Waals surface area contributed by atoms with Crippen LogP contribution in [0, 0.1) is 0 Å². The van der Waals surface area contributed by atoms with Crippen LogP contribution >= 0.6 is 0 Å². The summed E-state index contributed by atoms with van der Waals surface area (Å²) in [7, 11) is 0. The van der Waals surface area contributed by atoms with E-state index in [1.54, 1.807) is 0 Å². The maximum atomic E-state index is 5.34. The summed E-state index contributed by atoms with van der Waals surface area (Å²) in [4.78, 5) is 0. The molecule has 1 nitrogen and oxygen atoms in total. The first-order valence-corrected chi connectivity index (χ1v) is 3.35. The van der Waals surface area contributed by atoms with Crippen molar-refractivity contribution in [2.24, 2.45) is 0 Å². The van der Waals surface area contributed by atoms with Crippen LogP contribution in [-0.2, 0) is 56.7 Å². The zero-order chi connectivity index (χ0) is 6.81. The van der Waals surface area contributed by atoms with Gasteiger partial charge in [-0.2, -0.15) is 0 Å². The Balaban J connectivity index is -0.000000302. The molecular weight excluding hydrogens is 354 g/mol. The van der Waals surface area contributed by atoms with Crippen LogP contribution in [-0.4, -0.2) is 17.6 Å². The topological polar surface area (TPSA) is 9.23 Å². The molecule has 1 aromatic carbocycles. The molecule has 0 aromatic heterocycles. The smallest absolute Gasteiger partial charge is 0.126 e. The Morgan fingerprint density at radius 1 is 1.14 bits per heavy atom. The molecule has 1 aliphatic heterocycles. The van der Waals surface area contributed by atoms with Gasteiger partial charge in [-0.25, -0.2) is 0 Å². The zero-order valence-corrected chi connectivity index (χ0v) is 12.9. The standard InChI is InChI=1S/C9H8O.Mn.Mo.Si.V/c1-2-6-9-8(4-1)5-3-7-10-9;;;;/h1-6H,7H2;;;;. The van der Waals surface area contributed by atoms with Crippen molar-refractivity contribution in [2.45, 2.75) is 0 Å². The Kier molecular flexibility index (Phi) is 14.9. The number of benzene rings is 1. The zero-order valence-electron chi connectivity index (χ0n) is 7.31. The number of para-hydroxylation sites is 1. The van der Waals surface area contributed by atoms with Gasteiger partial charge in [-0.05, 0) is 12.1 Å². The fraction of sp³-hybridized carbons (Fsp3) is 0.111. The van der Waals surface area contributed by atoms with Crippen molar-refractivity contribution in [1.82, 2.24) is 0 Å². The Morgan fingerprint density at radius 3 is 2.43 bits per heavy atom. The van der Waals surface area contributed by atoms with E-state index in [0.717, 1.165) is 5.75 Å². The van der Waals surface area contributed by atoms with E-state index in [2.05, 4.69) is 6.08 Å². The first kappa shape index (κ1) is 20.2. The van der Waals surface area contributed by atoms with Crippen LogP contribution in [0.4, 0.5) is 0 Å². The third-order valence-electron chi connectivity index (χ3n) is 1.55. The molecule has 0 amide bonds. The van der Waals surface area contributed by atoms with Gasteiger partial charge in [-0.1, -0.05) is 24.3 Å². The summed E-state index contributed by atoms with van der Waals surface area (Å²) in [6.07, 6.45) is 4.10. The minimum Gasteiger partial charge on any atom is -0.489 e. The molecule has 0 saturated carbocycles. The molecule has 72 valence electrons. The van der Waals surface area contributed by atoms with Gasteiger partial charge in [0, 0.05) is 73.2 Å². The summed E-state index contributed by atoms with van der Waals surface area (Å²) < 4.78 is 5.34. The van der Waals surface area contributed by atoms with Crippen molar-refractivity contribution < 1.29 is 61.4 Å². The van der Waals surface area contributed by atoms with Crippen LogP contribution in [0.25, 0.3) is 6.08 Å². The second-order valence-electron chi connectivity index (χ2n) is 2.25. The van der Waals surface area contributed by atoms with Gasteiger partial charge < -0.3 is 4.74 Å². The van der Waals surface area contributed by atoms with E-state index < -0.39 is 0 Å². The van der Waals surface area contributed by atoms with Gasteiger partial charge in [0.25, 0.3) is 0 Å². The molecule has 0 aliphatic carbocycles. The summed E-state index contributed by atoms with van der Waals surface area (Å²) >= 11 is 0. The maximum absolute atomic E-state index is 5.34. The van der Waals surface area contributed by atoms with Gasteiger partial charge in [0.2, 0.25) is 0 Å². The van der Waals surface area contributed by atoms with E-state index >= 15 is 0 Å². The maximum Gasteiger partial charge on any atom is 0.126 e. The SMILES string of the molecule is C1=Cc2ccccc2OC1.[Mn].[Mo].[Si].[V]. The minimum atomic E-state index is 0. The van der Waals surface area contributed by atoms with E-state index in [0.29, 0.717) is 6.61 Å². The Morgan fingerprint density at radius 2 is 1.79 bits per heavy atom. The summed E-state index contributed by atoms with van der Waals surface area (Å²) in [5, 5.41) is 0. The Bertz CT molecular complexity index is 283. The van der Waals surface area contributed by atoms with E-state index in [-0.39, 0.29) is 67.7 Å². The summed E-state index contributed by atoms with van der Waals surface area (Å²) in [6, 6.07) is 8.03. The van der Waals surface area contributed by atoms with E-state index in [4.69, 9.17) is 4.74 Å². The molecule has 0 spiro atoms. The van der Waals surface area contributed by atoms with Crippen molar-refractivity contribution in [2.75, 3.05) is 6.61 Å². The molecule has 0 N–H and O–H groups in total. The molecular formula is C9H8MnMoOSiV. The largest absolute Gasteiger partial charge is 0.489 e. The monoisotopic (exact) mass is 364 g/mol. The van der Waals surface area contributed by atoms with E-state index in [9.17, 15) is 0 Å². The molecule has 0 bridgehead atoms. The van der Waals surface area contributed by atoms with Crippen LogP contribution in [0.5, 0.6) is 5.75 Å². The van der Waals surface area contributed by atoms with Crippen LogP contribution in [0.3, 0.4) is 0 Å². The second kappa shape index (κ2) is 10.3. The van der Waals surface area contributed by atoms with Crippen LogP contribution in [0.2, 0.25) is 0 Å². The summed E-state index contributed by atoms with van der Waals surface area (Å²) in [5.74, 6) is 0.991. The fourth-order valence-electron chi connectivity index (χ4n) is 1.06. The summed E-state index contributed by atoms with van der Waals surface area (Å²) in [5.41, 5.74) is 1.17. The van der Waals surface area contributed by atoms with Gasteiger partial charge >= 0.3 is 0 Å².